The Morgan fingerprint density at radius 1 is 1.09 bits per heavy atom. The molecule has 0 heterocycles. The van der Waals surface area contributed by atoms with Crippen molar-refractivity contribution in [3.05, 3.63) is 64.7 Å². The summed E-state index contributed by atoms with van der Waals surface area (Å²) < 4.78 is 5.91. The molecule has 0 aromatic heterocycles. The number of benzene rings is 2. The van der Waals surface area contributed by atoms with Gasteiger partial charge in [0.05, 0.1) is 0 Å². The molecular weight excluding hydrogens is 276 g/mol. The second-order valence-corrected chi connectivity index (χ2v) is 5.55. The maximum absolute atomic E-state index is 10.6. The molecule has 22 heavy (non-hydrogen) atoms. The molecule has 0 bridgehead atoms. The van der Waals surface area contributed by atoms with E-state index in [9.17, 15) is 4.79 Å². The van der Waals surface area contributed by atoms with Crippen molar-refractivity contribution in [3.8, 4) is 5.75 Å². The van der Waals surface area contributed by atoms with Crippen molar-refractivity contribution in [2.75, 3.05) is 0 Å². The number of carbonyl (C=O) groups is 1. The minimum Gasteiger partial charge on any atom is -0.489 e. The van der Waals surface area contributed by atoms with E-state index < -0.39 is 5.97 Å². The van der Waals surface area contributed by atoms with E-state index in [-0.39, 0.29) is 6.42 Å². The lowest BCUT2D eigenvalue weighted by molar-refractivity contribution is -0.137. The molecule has 0 aliphatic rings. The number of ether oxygens (including phenoxy) is 1. The molecule has 0 spiro atoms. The van der Waals surface area contributed by atoms with E-state index in [0.29, 0.717) is 13.0 Å². The third-order valence-electron chi connectivity index (χ3n) is 3.78. The first-order valence-electron chi connectivity index (χ1n) is 7.55. The molecule has 3 heteroatoms. The van der Waals surface area contributed by atoms with Crippen molar-refractivity contribution in [1.82, 2.24) is 0 Å². The van der Waals surface area contributed by atoms with Gasteiger partial charge in [0.2, 0.25) is 0 Å². The maximum Gasteiger partial charge on any atom is 0.303 e. The predicted octanol–water partition coefficient (Wildman–Crippen LogP) is 4.29. The molecule has 0 amide bonds. The Labute approximate surface area is 131 Å². The van der Waals surface area contributed by atoms with Gasteiger partial charge in [0.15, 0.2) is 0 Å². The summed E-state index contributed by atoms with van der Waals surface area (Å²) >= 11 is 0. The van der Waals surface area contributed by atoms with Crippen LogP contribution in [0.2, 0.25) is 0 Å². The molecule has 1 N–H and O–H groups in total. The quantitative estimate of drug-likeness (QED) is 0.829. The van der Waals surface area contributed by atoms with Crippen LogP contribution in [0.4, 0.5) is 0 Å². The highest BCUT2D eigenvalue weighted by molar-refractivity contribution is 5.66. The van der Waals surface area contributed by atoms with Crippen LogP contribution in [0.25, 0.3) is 0 Å². The molecule has 2 aromatic carbocycles. The number of hydrogen-bond donors (Lipinski definition) is 1. The Morgan fingerprint density at radius 2 is 1.77 bits per heavy atom. The van der Waals surface area contributed by atoms with Gasteiger partial charge in [-0.3, -0.25) is 4.79 Å². The lowest BCUT2D eigenvalue weighted by Crippen LogP contribution is -2.01. The fourth-order valence-electron chi connectivity index (χ4n) is 2.47. The second-order valence-electron chi connectivity index (χ2n) is 5.55. The highest BCUT2D eigenvalue weighted by atomic mass is 16.5. The van der Waals surface area contributed by atoms with Crippen LogP contribution in [0.3, 0.4) is 0 Å². The summed E-state index contributed by atoms with van der Waals surface area (Å²) in [6.45, 7) is 4.74. The Balaban J connectivity index is 1.97. The van der Waals surface area contributed by atoms with Gasteiger partial charge in [0.1, 0.15) is 12.4 Å². The number of aliphatic carboxylic acids is 1. The van der Waals surface area contributed by atoms with Gasteiger partial charge in [-0.2, -0.15) is 0 Å². The fraction of sp³-hybridized carbons (Fsp3) is 0.316. The van der Waals surface area contributed by atoms with Gasteiger partial charge in [0.25, 0.3) is 0 Å². The summed E-state index contributed by atoms with van der Waals surface area (Å²) in [7, 11) is 0. The minimum atomic E-state index is -0.748. The Kier molecular flexibility index (Phi) is 5.59. The molecule has 0 saturated carbocycles. The summed E-state index contributed by atoms with van der Waals surface area (Å²) in [6, 6.07) is 14.1. The van der Waals surface area contributed by atoms with Crippen molar-refractivity contribution in [3.63, 3.8) is 0 Å². The molecule has 3 nitrogen and oxygen atoms in total. The molecule has 0 radical (unpaired) electrons. The summed E-state index contributed by atoms with van der Waals surface area (Å²) in [5, 5.41) is 8.68. The highest BCUT2D eigenvalue weighted by Gasteiger charge is 2.04. The Morgan fingerprint density at radius 3 is 2.45 bits per heavy atom. The standard InChI is InChI=1S/C19H22O3/c1-14-6-3-7-15(2)18(14)13-22-17-10-4-8-16(12-17)9-5-11-19(20)21/h3-4,6-8,10,12H,5,9,11,13H2,1-2H3,(H,20,21). The Bertz CT molecular complexity index is 627. The first-order valence-corrected chi connectivity index (χ1v) is 7.55. The smallest absolute Gasteiger partial charge is 0.303 e. The molecule has 0 fully saturated rings. The zero-order valence-corrected chi connectivity index (χ0v) is 13.1. The zero-order valence-electron chi connectivity index (χ0n) is 13.1. The maximum atomic E-state index is 10.6. The van der Waals surface area contributed by atoms with Gasteiger partial charge in [-0.25, -0.2) is 0 Å². The number of carboxylic acid groups (broad SMARTS) is 1. The van der Waals surface area contributed by atoms with Crippen molar-refractivity contribution in [2.24, 2.45) is 0 Å². The normalized spacial score (nSPS) is 10.5. The number of rotatable bonds is 7. The zero-order chi connectivity index (χ0) is 15.9. The highest BCUT2D eigenvalue weighted by Crippen LogP contribution is 2.19. The van der Waals surface area contributed by atoms with Crippen LogP contribution in [-0.2, 0) is 17.8 Å². The van der Waals surface area contributed by atoms with Crippen molar-refractivity contribution >= 4 is 5.97 Å². The first-order chi connectivity index (χ1) is 10.6. The van der Waals surface area contributed by atoms with E-state index in [1.165, 1.54) is 16.7 Å². The molecule has 0 unspecified atom stereocenters. The van der Waals surface area contributed by atoms with Gasteiger partial charge < -0.3 is 9.84 Å². The molecule has 0 aliphatic heterocycles. The molecule has 116 valence electrons. The average Bonchev–Trinajstić information content (AvgIpc) is 2.47. The van der Waals surface area contributed by atoms with Crippen LogP contribution in [0.1, 0.15) is 35.1 Å². The molecule has 0 saturated heterocycles. The molecule has 0 aliphatic carbocycles. The van der Waals surface area contributed by atoms with Gasteiger partial charge >= 0.3 is 5.97 Å². The fourth-order valence-corrected chi connectivity index (χ4v) is 2.47. The lowest BCUT2D eigenvalue weighted by Gasteiger charge is -2.12. The van der Waals surface area contributed by atoms with Crippen LogP contribution >= 0.6 is 0 Å². The molecule has 2 aromatic rings. The summed E-state index contributed by atoms with van der Waals surface area (Å²) in [5.41, 5.74) is 4.80. The number of aryl methyl sites for hydroxylation is 3. The van der Waals surface area contributed by atoms with Crippen LogP contribution in [0, 0.1) is 13.8 Å². The van der Waals surface area contributed by atoms with Crippen LogP contribution in [-0.4, -0.2) is 11.1 Å². The van der Waals surface area contributed by atoms with Crippen LogP contribution < -0.4 is 4.74 Å². The van der Waals surface area contributed by atoms with Gasteiger partial charge in [-0.1, -0.05) is 30.3 Å². The SMILES string of the molecule is Cc1cccc(C)c1COc1cccc(CCCC(=O)O)c1. The third-order valence-corrected chi connectivity index (χ3v) is 3.78. The summed E-state index contributed by atoms with van der Waals surface area (Å²) in [6.07, 6.45) is 1.61. The predicted molar refractivity (Wildman–Crippen MR) is 87.3 cm³/mol. The Hall–Kier alpha value is -2.29. The van der Waals surface area contributed by atoms with E-state index in [2.05, 4.69) is 32.0 Å². The average molecular weight is 298 g/mol. The third kappa shape index (κ3) is 4.62. The number of hydrogen-bond acceptors (Lipinski definition) is 2. The van der Waals surface area contributed by atoms with E-state index >= 15 is 0 Å². The van der Waals surface area contributed by atoms with E-state index in [0.717, 1.165) is 17.7 Å². The lowest BCUT2D eigenvalue weighted by atomic mass is 10.0. The van der Waals surface area contributed by atoms with E-state index in [4.69, 9.17) is 9.84 Å². The second kappa shape index (κ2) is 7.64. The largest absolute Gasteiger partial charge is 0.489 e. The van der Waals surface area contributed by atoms with E-state index in [1.807, 2.05) is 24.3 Å². The minimum absolute atomic E-state index is 0.202. The monoisotopic (exact) mass is 298 g/mol. The van der Waals surface area contributed by atoms with Crippen LogP contribution in [0.5, 0.6) is 5.75 Å². The van der Waals surface area contributed by atoms with Gasteiger partial charge in [-0.15, -0.1) is 0 Å². The first kappa shape index (κ1) is 16.1. The summed E-state index contributed by atoms with van der Waals surface area (Å²) in [4.78, 5) is 10.6. The van der Waals surface area contributed by atoms with E-state index in [1.54, 1.807) is 0 Å². The van der Waals surface area contributed by atoms with Crippen molar-refractivity contribution < 1.29 is 14.6 Å². The topological polar surface area (TPSA) is 46.5 Å². The van der Waals surface area contributed by atoms with Crippen LogP contribution in [0.15, 0.2) is 42.5 Å². The van der Waals surface area contributed by atoms with Crippen molar-refractivity contribution in [1.29, 1.82) is 0 Å². The molecule has 0 atom stereocenters. The molecular formula is C19H22O3. The number of carboxylic acids is 1. The van der Waals surface area contributed by atoms with Crippen molar-refractivity contribution in [2.45, 2.75) is 39.7 Å². The molecule has 2 rings (SSSR count). The van der Waals surface area contributed by atoms with Gasteiger partial charge in [-0.05, 0) is 61.1 Å². The van der Waals surface area contributed by atoms with Gasteiger partial charge in [0, 0.05) is 6.42 Å². The summed E-state index contributed by atoms with van der Waals surface area (Å²) in [5.74, 6) is 0.0814.